The van der Waals surface area contributed by atoms with Gasteiger partial charge in [0.25, 0.3) is 0 Å². The van der Waals surface area contributed by atoms with Crippen molar-refractivity contribution in [3.05, 3.63) is 12.8 Å². The molecule has 4 radical (unpaired) electrons. The van der Waals surface area contributed by atoms with E-state index in [1.807, 2.05) is 0 Å². The molecule has 158 valence electrons. The number of unbranched alkanes of at least 4 members (excludes halogenated alkanes) is 5. The maximum atomic E-state index is 12.2. The summed E-state index contributed by atoms with van der Waals surface area (Å²) in [5, 5.41) is 0.745. The summed E-state index contributed by atoms with van der Waals surface area (Å²) in [6.07, 6.45) is 12.5. The molecule has 1 N–H and O–H groups in total. The molecule has 0 saturated carbocycles. The van der Waals surface area contributed by atoms with Gasteiger partial charge in [0.05, 0.1) is 23.9 Å². The van der Waals surface area contributed by atoms with Gasteiger partial charge in [0.1, 0.15) is 18.1 Å². The molecule has 0 aliphatic carbocycles. The first-order valence-electron chi connectivity index (χ1n) is 9.89. The molecule has 2 aliphatic heterocycles. The van der Waals surface area contributed by atoms with Gasteiger partial charge in [-0.1, -0.05) is 50.8 Å². The van der Waals surface area contributed by atoms with Crippen molar-refractivity contribution in [2.45, 2.75) is 76.4 Å². The first kappa shape index (κ1) is 23.9. The number of fused-ring (bicyclic) bond motifs is 1. The molecule has 1 unspecified atom stereocenters. The van der Waals surface area contributed by atoms with Crippen LogP contribution in [0.25, 0.3) is 0 Å². The number of rotatable bonds is 13. The Balaban J connectivity index is 1.62. The molecule has 4 atom stereocenters. The Morgan fingerprint density at radius 1 is 1.29 bits per heavy atom. The third kappa shape index (κ3) is 8.95. The molecule has 7 nitrogen and oxygen atoms in total. The number of carbonyl (C=O) groups is 1. The third-order valence-electron chi connectivity index (χ3n) is 4.32. The molecule has 2 aliphatic rings. The second-order valence-electron chi connectivity index (χ2n) is 6.88. The Labute approximate surface area is 172 Å². The first-order valence-corrected chi connectivity index (χ1v) is 12.5. The Kier molecular flexibility index (Phi) is 10.5. The minimum absolute atomic E-state index is 0.0401. The van der Waals surface area contributed by atoms with Crippen LogP contribution >= 0.6 is 19.4 Å². The number of esters is 1. The fourth-order valence-electron chi connectivity index (χ4n) is 2.81. The quantitative estimate of drug-likeness (QED) is 0.268. The zero-order valence-corrected chi connectivity index (χ0v) is 18.3. The van der Waals surface area contributed by atoms with Crippen molar-refractivity contribution in [3.8, 4) is 0 Å². The SMILES string of the molecule is CCCCCCCCOP(=O)(O)CCC1=N[C@@H]2[C][C][C@H](COC(C)=O)O[C@@H]2S1. The zero-order valence-electron chi connectivity index (χ0n) is 16.6. The van der Waals surface area contributed by atoms with Gasteiger partial charge in [-0.15, -0.1) is 0 Å². The highest BCUT2D eigenvalue weighted by molar-refractivity contribution is 8.14. The Morgan fingerprint density at radius 2 is 2.04 bits per heavy atom. The number of nitrogens with zero attached hydrogens (tertiary/aromatic N) is 1. The molecule has 0 amide bonds. The van der Waals surface area contributed by atoms with Gasteiger partial charge in [0.15, 0.2) is 0 Å². The van der Waals surface area contributed by atoms with E-state index in [4.69, 9.17) is 14.0 Å². The normalized spacial score (nSPS) is 26.4. The van der Waals surface area contributed by atoms with Gasteiger partial charge in [0.2, 0.25) is 0 Å². The Hall–Kier alpha value is -0.400. The predicted molar refractivity (Wildman–Crippen MR) is 109 cm³/mol. The van der Waals surface area contributed by atoms with Crippen LogP contribution < -0.4 is 0 Å². The summed E-state index contributed by atoms with van der Waals surface area (Å²) < 4.78 is 28.1. The monoisotopic (exact) mass is 431 g/mol. The summed E-state index contributed by atoms with van der Waals surface area (Å²) in [5.74, 6) is -0.372. The molecular weight excluding hydrogens is 401 g/mol. The van der Waals surface area contributed by atoms with Gasteiger partial charge >= 0.3 is 13.6 Å². The fraction of sp³-hybridized carbons (Fsp3) is 0.789. The summed E-state index contributed by atoms with van der Waals surface area (Å²) in [6.45, 7) is 3.93. The number of aliphatic imine (C=N–C) groups is 1. The lowest BCUT2D eigenvalue weighted by Crippen LogP contribution is -2.37. The summed E-state index contributed by atoms with van der Waals surface area (Å²) >= 11 is 1.41. The van der Waals surface area contributed by atoms with Crippen LogP contribution in [0.1, 0.15) is 58.8 Å². The number of hydrogen-bond donors (Lipinski definition) is 1. The second kappa shape index (κ2) is 12.3. The highest BCUT2D eigenvalue weighted by Crippen LogP contribution is 2.44. The number of ether oxygens (including phenoxy) is 2. The van der Waals surface area contributed by atoms with Gasteiger partial charge in [-0.2, -0.15) is 0 Å². The van der Waals surface area contributed by atoms with Crippen molar-refractivity contribution in [3.63, 3.8) is 0 Å². The molecule has 9 heteroatoms. The molecule has 0 bridgehead atoms. The van der Waals surface area contributed by atoms with Crippen LogP contribution in [-0.2, 0) is 23.4 Å². The topological polar surface area (TPSA) is 94.4 Å². The largest absolute Gasteiger partial charge is 0.463 e. The van der Waals surface area contributed by atoms with Gasteiger partial charge in [0, 0.05) is 26.2 Å². The van der Waals surface area contributed by atoms with E-state index in [0.29, 0.717) is 13.0 Å². The highest BCUT2D eigenvalue weighted by atomic mass is 32.2. The van der Waals surface area contributed by atoms with Crippen LogP contribution in [0.2, 0.25) is 0 Å². The van der Waals surface area contributed by atoms with E-state index in [-0.39, 0.29) is 30.2 Å². The van der Waals surface area contributed by atoms with Crippen LogP contribution in [0.3, 0.4) is 0 Å². The lowest BCUT2D eigenvalue weighted by atomic mass is 10.1. The van der Waals surface area contributed by atoms with Crippen molar-refractivity contribution in [2.75, 3.05) is 19.4 Å². The lowest BCUT2D eigenvalue weighted by Gasteiger charge is -2.29. The van der Waals surface area contributed by atoms with E-state index in [0.717, 1.165) is 24.3 Å². The second-order valence-corrected chi connectivity index (χ2v) is 10.0. The predicted octanol–water partition coefficient (Wildman–Crippen LogP) is 3.90. The van der Waals surface area contributed by atoms with Gasteiger partial charge in [-0.05, 0) is 6.42 Å². The average Bonchev–Trinajstić information content (AvgIpc) is 3.06. The van der Waals surface area contributed by atoms with Crippen LogP contribution in [0, 0.1) is 12.8 Å². The van der Waals surface area contributed by atoms with Crippen molar-refractivity contribution in [1.29, 1.82) is 0 Å². The number of hydrogen-bond acceptors (Lipinski definition) is 7. The molecule has 28 heavy (non-hydrogen) atoms. The van der Waals surface area contributed by atoms with Crippen molar-refractivity contribution in [1.82, 2.24) is 0 Å². The summed E-state index contributed by atoms with van der Waals surface area (Å²) in [4.78, 5) is 25.3. The maximum absolute atomic E-state index is 12.2. The highest BCUT2D eigenvalue weighted by Gasteiger charge is 2.38. The fourth-order valence-corrected chi connectivity index (χ4v) is 5.11. The smallest absolute Gasteiger partial charge is 0.328 e. The summed E-state index contributed by atoms with van der Waals surface area (Å²) in [6, 6.07) is -0.282. The lowest BCUT2D eigenvalue weighted by molar-refractivity contribution is -0.145. The summed E-state index contributed by atoms with van der Waals surface area (Å²) in [5.41, 5.74) is -0.265. The third-order valence-corrected chi connectivity index (χ3v) is 6.88. The molecule has 1 saturated heterocycles. The molecule has 2 rings (SSSR count). The zero-order chi connectivity index (χ0) is 20.4. The van der Waals surface area contributed by atoms with E-state index < -0.39 is 13.7 Å². The molecule has 1 fully saturated rings. The standard InChI is InChI=1S/C19H30NO6PS/c1-3-4-5-6-7-8-12-25-27(22,23)13-11-18-20-17-10-9-16(14-24-15(2)21)26-19(17)28-18/h16-17,19H,3-8,11-14H2,1-2H3,(H,22,23)/t16-,17-,19-/m1/s1. The van der Waals surface area contributed by atoms with Crippen LogP contribution in [0.4, 0.5) is 0 Å². The molecular formula is C19H30NO6PS. The van der Waals surface area contributed by atoms with E-state index in [2.05, 4.69) is 24.8 Å². The molecule has 0 aromatic carbocycles. The summed E-state index contributed by atoms with van der Waals surface area (Å²) in [7, 11) is -3.61. The minimum Gasteiger partial charge on any atom is -0.463 e. The average molecular weight is 431 g/mol. The minimum atomic E-state index is -3.61. The molecule has 0 spiro atoms. The van der Waals surface area contributed by atoms with Crippen LogP contribution in [0.5, 0.6) is 0 Å². The van der Waals surface area contributed by atoms with Crippen LogP contribution in [0.15, 0.2) is 4.99 Å². The van der Waals surface area contributed by atoms with Crippen molar-refractivity contribution in [2.24, 2.45) is 4.99 Å². The van der Waals surface area contributed by atoms with E-state index in [9.17, 15) is 14.3 Å². The van der Waals surface area contributed by atoms with Gasteiger partial charge in [-0.25, -0.2) is 0 Å². The number of thioether (sulfide) groups is 1. The van der Waals surface area contributed by atoms with Crippen molar-refractivity contribution >= 4 is 30.4 Å². The molecule has 0 aromatic heterocycles. The van der Waals surface area contributed by atoms with Gasteiger partial charge < -0.3 is 18.9 Å². The van der Waals surface area contributed by atoms with Crippen molar-refractivity contribution < 1.29 is 28.3 Å². The van der Waals surface area contributed by atoms with E-state index in [1.165, 1.54) is 37.9 Å². The number of carbonyl (C=O) groups excluding carboxylic acids is 1. The molecule has 0 aromatic rings. The van der Waals surface area contributed by atoms with Crippen LogP contribution in [-0.4, -0.2) is 52.9 Å². The van der Waals surface area contributed by atoms with E-state index >= 15 is 0 Å². The maximum Gasteiger partial charge on any atom is 0.328 e. The van der Waals surface area contributed by atoms with E-state index in [1.54, 1.807) is 0 Å². The Bertz CT molecular complexity index is 573. The first-order chi connectivity index (χ1) is 13.4. The van der Waals surface area contributed by atoms with Gasteiger partial charge in [-0.3, -0.25) is 14.4 Å². The Morgan fingerprint density at radius 3 is 2.79 bits per heavy atom. The molecule has 2 heterocycles.